The standard InChI is InChI=1S/C23H32N4O4/c1-15-11-17(16(2)27(15)19-9-7-6-8-10-19)12-18(13-24)21(29)31-14-20(28)25-22(30)26-23(3,4)5/h11-12,19H,6-10,14H2,1-5H3,(H2,25,26,28,30)/b18-12+. The topological polar surface area (TPSA) is 113 Å². The van der Waals surface area contributed by atoms with E-state index >= 15 is 0 Å². The van der Waals surface area contributed by atoms with Gasteiger partial charge >= 0.3 is 12.0 Å². The van der Waals surface area contributed by atoms with E-state index in [2.05, 4.69) is 15.2 Å². The van der Waals surface area contributed by atoms with Crippen LogP contribution in [-0.4, -0.2) is 34.6 Å². The van der Waals surface area contributed by atoms with Gasteiger partial charge in [0.05, 0.1) is 0 Å². The smallest absolute Gasteiger partial charge is 0.349 e. The molecule has 0 spiro atoms. The molecule has 0 atom stereocenters. The first-order valence-corrected chi connectivity index (χ1v) is 10.6. The summed E-state index contributed by atoms with van der Waals surface area (Å²) in [5, 5.41) is 14.1. The van der Waals surface area contributed by atoms with Crippen LogP contribution in [0.5, 0.6) is 0 Å². The Morgan fingerprint density at radius 2 is 1.87 bits per heavy atom. The summed E-state index contributed by atoms with van der Waals surface area (Å²) >= 11 is 0. The van der Waals surface area contributed by atoms with E-state index in [0.717, 1.165) is 29.8 Å². The number of carbonyl (C=O) groups is 3. The molecule has 0 unspecified atom stereocenters. The van der Waals surface area contributed by atoms with Crippen molar-refractivity contribution in [2.45, 2.75) is 78.3 Å². The number of nitriles is 1. The van der Waals surface area contributed by atoms with Crippen LogP contribution in [0.25, 0.3) is 6.08 Å². The Hall–Kier alpha value is -3.08. The lowest BCUT2D eigenvalue weighted by Crippen LogP contribution is -2.49. The van der Waals surface area contributed by atoms with Crippen molar-refractivity contribution in [3.8, 4) is 6.07 Å². The molecule has 0 aromatic carbocycles. The van der Waals surface area contributed by atoms with E-state index in [1.165, 1.54) is 25.3 Å². The van der Waals surface area contributed by atoms with Crippen molar-refractivity contribution in [3.05, 3.63) is 28.6 Å². The fourth-order valence-electron chi connectivity index (χ4n) is 3.89. The lowest BCUT2D eigenvalue weighted by molar-refractivity contribution is -0.144. The fraction of sp³-hybridized carbons (Fsp3) is 0.565. The number of hydrogen-bond acceptors (Lipinski definition) is 5. The number of rotatable bonds is 5. The third-order valence-electron chi connectivity index (χ3n) is 5.18. The van der Waals surface area contributed by atoms with Crippen LogP contribution in [-0.2, 0) is 14.3 Å². The first-order chi connectivity index (χ1) is 14.5. The van der Waals surface area contributed by atoms with Crippen molar-refractivity contribution in [1.82, 2.24) is 15.2 Å². The van der Waals surface area contributed by atoms with Gasteiger partial charge < -0.3 is 14.6 Å². The van der Waals surface area contributed by atoms with Crippen molar-refractivity contribution < 1.29 is 19.1 Å². The van der Waals surface area contributed by atoms with Crippen LogP contribution in [0.2, 0.25) is 0 Å². The minimum absolute atomic E-state index is 0.198. The van der Waals surface area contributed by atoms with Gasteiger partial charge in [-0.15, -0.1) is 0 Å². The second-order valence-electron chi connectivity index (χ2n) is 8.99. The van der Waals surface area contributed by atoms with E-state index in [-0.39, 0.29) is 5.57 Å². The molecule has 2 rings (SSSR count). The Morgan fingerprint density at radius 3 is 2.45 bits per heavy atom. The average molecular weight is 429 g/mol. The van der Waals surface area contributed by atoms with Crippen LogP contribution < -0.4 is 10.6 Å². The highest BCUT2D eigenvalue weighted by Crippen LogP contribution is 2.32. The molecule has 2 N–H and O–H groups in total. The number of carbonyl (C=O) groups excluding carboxylic acids is 3. The molecule has 1 fully saturated rings. The third kappa shape index (κ3) is 6.99. The van der Waals surface area contributed by atoms with Crippen LogP contribution in [0.15, 0.2) is 11.6 Å². The van der Waals surface area contributed by atoms with Gasteiger partial charge in [0.1, 0.15) is 11.6 Å². The molecule has 0 radical (unpaired) electrons. The summed E-state index contributed by atoms with van der Waals surface area (Å²) in [4.78, 5) is 35.8. The molecule has 1 saturated carbocycles. The van der Waals surface area contributed by atoms with Gasteiger partial charge in [-0.25, -0.2) is 9.59 Å². The second kappa shape index (κ2) is 10.3. The van der Waals surface area contributed by atoms with Gasteiger partial charge in [0, 0.05) is 23.0 Å². The third-order valence-corrected chi connectivity index (χ3v) is 5.18. The Labute approximate surface area is 183 Å². The Kier molecular flexibility index (Phi) is 8.03. The molecule has 1 aliphatic rings. The predicted octanol–water partition coefficient (Wildman–Crippen LogP) is 3.68. The normalized spacial score (nSPS) is 15.2. The molecule has 1 aromatic rings. The van der Waals surface area contributed by atoms with Gasteiger partial charge in [-0.3, -0.25) is 10.1 Å². The number of imide groups is 1. The zero-order valence-electron chi connectivity index (χ0n) is 19.0. The lowest BCUT2D eigenvalue weighted by atomic mass is 9.95. The molecule has 1 aliphatic carbocycles. The number of ether oxygens (including phenoxy) is 1. The number of nitrogens with zero attached hydrogens (tertiary/aromatic N) is 2. The van der Waals surface area contributed by atoms with Gasteiger partial charge in [-0.1, -0.05) is 19.3 Å². The number of amides is 3. The second-order valence-corrected chi connectivity index (χ2v) is 8.99. The van der Waals surface area contributed by atoms with Crippen LogP contribution >= 0.6 is 0 Å². The molecule has 0 saturated heterocycles. The fourth-order valence-corrected chi connectivity index (χ4v) is 3.89. The van der Waals surface area contributed by atoms with Gasteiger partial charge in [0.15, 0.2) is 6.61 Å². The molecular weight excluding hydrogens is 396 g/mol. The Balaban J connectivity index is 2.03. The monoisotopic (exact) mass is 428 g/mol. The van der Waals surface area contributed by atoms with Gasteiger partial charge in [0.25, 0.3) is 5.91 Å². The van der Waals surface area contributed by atoms with E-state index in [9.17, 15) is 19.6 Å². The maximum atomic E-state index is 12.3. The highest BCUT2D eigenvalue weighted by molar-refractivity contribution is 6.00. The Morgan fingerprint density at radius 1 is 1.23 bits per heavy atom. The number of urea groups is 1. The molecule has 0 aliphatic heterocycles. The number of aryl methyl sites for hydroxylation is 1. The largest absolute Gasteiger partial charge is 0.451 e. The summed E-state index contributed by atoms with van der Waals surface area (Å²) < 4.78 is 7.21. The predicted molar refractivity (Wildman–Crippen MR) is 117 cm³/mol. The molecule has 8 heteroatoms. The minimum Gasteiger partial charge on any atom is -0.451 e. The quantitative estimate of drug-likeness (QED) is 0.422. The van der Waals surface area contributed by atoms with E-state index in [1.807, 2.05) is 26.0 Å². The summed E-state index contributed by atoms with van der Waals surface area (Å²) in [6.45, 7) is 8.66. The first kappa shape index (κ1) is 24.2. The number of hydrogen-bond donors (Lipinski definition) is 2. The van der Waals surface area contributed by atoms with Gasteiger partial charge in [-0.05, 0) is 65.2 Å². The number of esters is 1. The molecule has 1 heterocycles. The highest BCUT2D eigenvalue weighted by atomic mass is 16.5. The number of nitrogens with one attached hydrogen (secondary N) is 2. The van der Waals surface area contributed by atoms with Crippen LogP contribution in [0.3, 0.4) is 0 Å². The summed E-state index contributed by atoms with van der Waals surface area (Å²) in [6.07, 6.45) is 7.43. The molecule has 0 bridgehead atoms. The molecule has 31 heavy (non-hydrogen) atoms. The summed E-state index contributed by atoms with van der Waals surface area (Å²) in [5.41, 5.74) is 2.16. The van der Waals surface area contributed by atoms with Gasteiger partial charge in [-0.2, -0.15) is 5.26 Å². The molecular formula is C23H32N4O4. The highest BCUT2D eigenvalue weighted by Gasteiger charge is 2.21. The average Bonchev–Trinajstić information content (AvgIpc) is 2.96. The maximum absolute atomic E-state index is 12.3. The summed E-state index contributed by atoms with van der Waals surface area (Å²) in [5.74, 6) is -1.68. The van der Waals surface area contributed by atoms with E-state index in [0.29, 0.717) is 6.04 Å². The van der Waals surface area contributed by atoms with Crippen LogP contribution in [0.4, 0.5) is 4.79 Å². The molecule has 168 valence electrons. The first-order valence-electron chi connectivity index (χ1n) is 10.6. The SMILES string of the molecule is Cc1cc(/C=C(\C#N)C(=O)OCC(=O)NC(=O)NC(C)(C)C)c(C)n1C1CCCCC1. The van der Waals surface area contributed by atoms with Crippen LogP contribution in [0.1, 0.15) is 75.9 Å². The van der Waals surface area contributed by atoms with Crippen molar-refractivity contribution in [3.63, 3.8) is 0 Å². The van der Waals surface area contributed by atoms with E-state index in [1.54, 1.807) is 20.8 Å². The van der Waals surface area contributed by atoms with Crippen molar-refractivity contribution in [1.29, 1.82) is 5.26 Å². The lowest BCUT2D eigenvalue weighted by Gasteiger charge is -2.26. The summed E-state index contributed by atoms with van der Waals surface area (Å²) in [7, 11) is 0. The van der Waals surface area contributed by atoms with Crippen molar-refractivity contribution in [2.75, 3.05) is 6.61 Å². The zero-order valence-corrected chi connectivity index (χ0v) is 19.0. The van der Waals surface area contributed by atoms with E-state index < -0.39 is 30.1 Å². The zero-order chi connectivity index (χ0) is 23.2. The van der Waals surface area contributed by atoms with Gasteiger partial charge in [0.2, 0.25) is 0 Å². The molecule has 8 nitrogen and oxygen atoms in total. The Bertz CT molecular complexity index is 909. The summed E-state index contributed by atoms with van der Waals surface area (Å²) in [6, 6.07) is 3.56. The van der Waals surface area contributed by atoms with Crippen molar-refractivity contribution >= 4 is 24.0 Å². The molecule has 1 aromatic heterocycles. The maximum Gasteiger partial charge on any atom is 0.349 e. The van der Waals surface area contributed by atoms with Crippen molar-refractivity contribution in [2.24, 2.45) is 0 Å². The molecule has 3 amide bonds. The van der Waals surface area contributed by atoms with Crippen LogP contribution in [0, 0.1) is 25.2 Å². The minimum atomic E-state index is -0.906. The number of aromatic nitrogens is 1. The van der Waals surface area contributed by atoms with E-state index in [4.69, 9.17) is 4.74 Å².